The van der Waals surface area contributed by atoms with Crippen molar-refractivity contribution in [3.63, 3.8) is 0 Å². The smallest absolute Gasteiger partial charge is 0.0672 e. The Balaban J connectivity index is 1.61. The van der Waals surface area contributed by atoms with Crippen LogP contribution in [0.4, 0.5) is 0 Å². The molecule has 4 heteroatoms. The van der Waals surface area contributed by atoms with E-state index < -0.39 is 0 Å². The summed E-state index contributed by atoms with van der Waals surface area (Å²) in [4.78, 5) is 0. The van der Waals surface area contributed by atoms with Gasteiger partial charge in [0.05, 0.1) is 12.7 Å². The van der Waals surface area contributed by atoms with Crippen LogP contribution in [0.25, 0.3) is 0 Å². The van der Waals surface area contributed by atoms with Crippen molar-refractivity contribution >= 4 is 11.3 Å². The molecule has 2 heterocycles. The highest BCUT2D eigenvalue weighted by Crippen LogP contribution is 2.49. The molecule has 1 aliphatic heterocycles. The Hall–Kier alpha value is -0.420. The maximum atomic E-state index is 6.15. The van der Waals surface area contributed by atoms with Crippen LogP contribution in [-0.2, 0) is 15.9 Å². The van der Waals surface area contributed by atoms with Crippen LogP contribution in [0.3, 0.4) is 0 Å². The zero-order valence-electron chi connectivity index (χ0n) is 13.0. The molecule has 3 nitrogen and oxygen atoms in total. The van der Waals surface area contributed by atoms with Crippen molar-refractivity contribution in [3.05, 3.63) is 22.4 Å². The second kappa shape index (κ2) is 7.23. The summed E-state index contributed by atoms with van der Waals surface area (Å²) in [5, 5.41) is 8.08. The first-order valence-electron chi connectivity index (χ1n) is 8.16. The van der Waals surface area contributed by atoms with Gasteiger partial charge in [0.2, 0.25) is 0 Å². The predicted octanol–water partition coefficient (Wildman–Crippen LogP) is 3.10. The van der Waals surface area contributed by atoms with Crippen molar-refractivity contribution in [1.82, 2.24) is 5.32 Å². The number of aryl methyl sites for hydroxylation is 1. The van der Waals surface area contributed by atoms with E-state index in [1.54, 1.807) is 18.4 Å². The maximum absolute atomic E-state index is 6.15. The van der Waals surface area contributed by atoms with Crippen molar-refractivity contribution < 1.29 is 9.47 Å². The second-order valence-electron chi connectivity index (χ2n) is 6.54. The molecule has 2 aliphatic rings. The molecule has 1 saturated heterocycles. The van der Waals surface area contributed by atoms with E-state index in [2.05, 4.69) is 22.1 Å². The lowest BCUT2D eigenvalue weighted by Gasteiger charge is -2.35. The van der Waals surface area contributed by atoms with Crippen LogP contribution in [0.1, 0.15) is 31.2 Å². The molecule has 2 atom stereocenters. The summed E-state index contributed by atoms with van der Waals surface area (Å²) in [6, 6.07) is 2.26. The molecule has 1 aromatic rings. The van der Waals surface area contributed by atoms with Crippen LogP contribution >= 0.6 is 11.3 Å². The molecule has 1 saturated carbocycles. The number of hydrogen-bond donors (Lipinski definition) is 1. The molecule has 0 amide bonds. The van der Waals surface area contributed by atoms with E-state index in [1.165, 1.54) is 37.7 Å². The lowest BCUT2D eigenvalue weighted by molar-refractivity contribution is 0.0260. The van der Waals surface area contributed by atoms with Gasteiger partial charge in [0.15, 0.2) is 0 Å². The Kier molecular flexibility index (Phi) is 5.33. The summed E-state index contributed by atoms with van der Waals surface area (Å²) < 4.78 is 11.3. The second-order valence-corrected chi connectivity index (χ2v) is 7.32. The molecule has 0 spiro atoms. The van der Waals surface area contributed by atoms with E-state index in [4.69, 9.17) is 9.47 Å². The Morgan fingerprint density at radius 1 is 1.48 bits per heavy atom. The normalized spacial score (nSPS) is 29.1. The first kappa shape index (κ1) is 15.5. The summed E-state index contributed by atoms with van der Waals surface area (Å²) in [5.41, 5.74) is 1.81. The zero-order valence-corrected chi connectivity index (χ0v) is 13.8. The third kappa shape index (κ3) is 3.86. The van der Waals surface area contributed by atoms with Crippen LogP contribution in [-0.4, -0.2) is 39.5 Å². The monoisotopic (exact) mass is 309 g/mol. The molecule has 0 bridgehead atoms. The number of nitrogens with one attached hydrogen (secondary N) is 1. The Bertz CT molecular complexity index is 418. The minimum atomic E-state index is 0.330. The van der Waals surface area contributed by atoms with E-state index in [9.17, 15) is 0 Å². The van der Waals surface area contributed by atoms with Crippen LogP contribution < -0.4 is 5.32 Å². The number of rotatable bonds is 9. The van der Waals surface area contributed by atoms with Gasteiger partial charge in [-0.3, -0.25) is 0 Å². The molecule has 21 heavy (non-hydrogen) atoms. The van der Waals surface area contributed by atoms with E-state index >= 15 is 0 Å². The van der Waals surface area contributed by atoms with Crippen molar-refractivity contribution in [2.24, 2.45) is 11.3 Å². The first-order valence-corrected chi connectivity index (χ1v) is 9.11. The summed E-state index contributed by atoms with van der Waals surface area (Å²) in [7, 11) is 1.76. The molecule has 1 aromatic heterocycles. The maximum Gasteiger partial charge on any atom is 0.0672 e. The fourth-order valence-corrected chi connectivity index (χ4v) is 4.33. The topological polar surface area (TPSA) is 30.5 Å². The fraction of sp³-hybridized carbons (Fsp3) is 0.765. The van der Waals surface area contributed by atoms with E-state index in [1.807, 2.05) is 0 Å². The van der Waals surface area contributed by atoms with Gasteiger partial charge >= 0.3 is 0 Å². The summed E-state index contributed by atoms with van der Waals surface area (Å²) in [5.74, 6) is 0.819. The molecule has 2 fully saturated rings. The zero-order chi connectivity index (χ0) is 14.5. The third-order valence-electron chi connectivity index (χ3n) is 5.00. The highest BCUT2D eigenvalue weighted by molar-refractivity contribution is 7.07. The number of ether oxygens (including phenoxy) is 2. The first-order chi connectivity index (χ1) is 10.3. The molecule has 0 aromatic carbocycles. The van der Waals surface area contributed by atoms with Crippen LogP contribution in [0.2, 0.25) is 0 Å². The molecule has 118 valence electrons. The van der Waals surface area contributed by atoms with Gasteiger partial charge in [-0.2, -0.15) is 11.3 Å². The third-order valence-corrected chi connectivity index (χ3v) is 5.73. The van der Waals surface area contributed by atoms with Crippen LogP contribution in [0, 0.1) is 11.3 Å². The molecule has 3 rings (SSSR count). The molecule has 1 aliphatic carbocycles. The van der Waals surface area contributed by atoms with Crippen molar-refractivity contribution in [3.8, 4) is 0 Å². The predicted molar refractivity (Wildman–Crippen MR) is 86.9 cm³/mol. The highest BCUT2D eigenvalue weighted by Gasteiger charge is 2.50. The van der Waals surface area contributed by atoms with Gasteiger partial charge in [-0.1, -0.05) is 0 Å². The average Bonchev–Trinajstić information content (AvgIpc) is 3.04. The molecule has 2 unspecified atom stereocenters. The largest absolute Gasteiger partial charge is 0.383 e. The Morgan fingerprint density at radius 3 is 3.10 bits per heavy atom. The van der Waals surface area contributed by atoms with Crippen LogP contribution in [0.5, 0.6) is 0 Å². The molecular weight excluding hydrogens is 282 g/mol. The van der Waals surface area contributed by atoms with Gasteiger partial charge < -0.3 is 14.8 Å². The average molecular weight is 309 g/mol. The standard InChI is InChI=1S/C17H27NO2S/c1-19-10-8-18-13-17(6-4-14-5-11-21-12-14)7-9-20-16(17)15-2-3-15/h5,11-12,15-16,18H,2-4,6-10,13H2,1H3. The van der Waals surface area contributed by atoms with E-state index in [-0.39, 0.29) is 0 Å². The van der Waals surface area contributed by atoms with Gasteiger partial charge in [0.25, 0.3) is 0 Å². The summed E-state index contributed by atoms with van der Waals surface area (Å²) >= 11 is 1.80. The molecule has 0 radical (unpaired) electrons. The van der Waals surface area contributed by atoms with Gasteiger partial charge in [-0.15, -0.1) is 0 Å². The van der Waals surface area contributed by atoms with Gasteiger partial charge in [-0.25, -0.2) is 0 Å². The van der Waals surface area contributed by atoms with Crippen LogP contribution in [0.15, 0.2) is 16.8 Å². The van der Waals surface area contributed by atoms with Crippen molar-refractivity contribution in [2.75, 3.05) is 33.4 Å². The lowest BCUT2D eigenvalue weighted by atomic mass is 9.74. The Morgan fingerprint density at radius 2 is 2.38 bits per heavy atom. The Labute approximate surface area is 132 Å². The number of methoxy groups -OCH3 is 1. The van der Waals surface area contributed by atoms with Gasteiger partial charge in [0.1, 0.15) is 0 Å². The minimum absolute atomic E-state index is 0.330. The molecule has 1 N–H and O–H groups in total. The van der Waals surface area contributed by atoms with Crippen molar-refractivity contribution in [1.29, 1.82) is 0 Å². The minimum Gasteiger partial charge on any atom is -0.383 e. The molecular formula is C17H27NO2S. The summed E-state index contributed by atoms with van der Waals surface area (Å²) in [6.45, 7) is 3.74. The van der Waals surface area contributed by atoms with E-state index in [0.29, 0.717) is 11.5 Å². The summed E-state index contributed by atoms with van der Waals surface area (Å²) in [6.07, 6.45) is 6.84. The lowest BCUT2D eigenvalue weighted by Crippen LogP contribution is -2.43. The fourth-order valence-electron chi connectivity index (χ4n) is 3.63. The number of hydrogen-bond acceptors (Lipinski definition) is 4. The highest BCUT2D eigenvalue weighted by atomic mass is 32.1. The van der Waals surface area contributed by atoms with Gasteiger partial charge in [0, 0.05) is 32.2 Å². The quantitative estimate of drug-likeness (QED) is 0.711. The van der Waals surface area contributed by atoms with Gasteiger partial charge in [-0.05, 0) is 60.4 Å². The SMILES string of the molecule is COCCNCC1(CCc2ccsc2)CCOC1C1CC1. The number of thiophene rings is 1. The van der Waals surface area contributed by atoms with E-state index in [0.717, 1.165) is 32.2 Å². The van der Waals surface area contributed by atoms with Crippen molar-refractivity contribution in [2.45, 2.75) is 38.2 Å².